The van der Waals surface area contributed by atoms with E-state index in [0.29, 0.717) is 23.6 Å². The van der Waals surface area contributed by atoms with Gasteiger partial charge in [-0.3, -0.25) is 9.69 Å². The summed E-state index contributed by atoms with van der Waals surface area (Å²) < 4.78 is 7.07. The highest BCUT2D eigenvalue weighted by molar-refractivity contribution is 5.89. The minimum absolute atomic E-state index is 0.0793. The van der Waals surface area contributed by atoms with E-state index in [1.54, 1.807) is 6.92 Å². The topological polar surface area (TPSA) is 64.4 Å². The summed E-state index contributed by atoms with van der Waals surface area (Å²) in [6, 6.07) is 9.55. The van der Waals surface area contributed by atoms with Crippen molar-refractivity contribution in [3.8, 4) is 0 Å². The molecule has 5 rings (SSSR count). The van der Waals surface area contributed by atoms with Crippen LogP contribution in [0.25, 0.3) is 11.0 Å². The lowest BCUT2D eigenvalue weighted by Gasteiger charge is -2.53. The number of nitrogens with zero attached hydrogens (tertiary/aromatic N) is 3. The molecule has 2 aliphatic heterocycles. The highest BCUT2D eigenvalue weighted by Gasteiger charge is 2.42. The molecule has 0 radical (unpaired) electrons. The van der Waals surface area contributed by atoms with Gasteiger partial charge < -0.3 is 9.30 Å². The first-order chi connectivity index (χ1) is 16.7. The molecular weight excluding hydrogens is 426 g/mol. The number of piperidine rings is 2. The number of aromatic nitrogens is 2. The SMILES string of the molecule is CCOC(=O)c1nc2ccccc2n([C@H]2C[C@H]3CCC[C@@H](C2)N3C2CCCCCCCC2)c1=O. The van der Waals surface area contributed by atoms with E-state index in [0.717, 1.165) is 18.4 Å². The Bertz CT molecular complexity index is 1040. The van der Waals surface area contributed by atoms with Crippen LogP contribution < -0.4 is 5.56 Å². The Morgan fingerprint density at radius 1 is 0.882 bits per heavy atom. The van der Waals surface area contributed by atoms with Gasteiger partial charge in [0, 0.05) is 24.2 Å². The number of esters is 1. The molecule has 3 atom stereocenters. The Kier molecular flexibility index (Phi) is 7.33. The van der Waals surface area contributed by atoms with Gasteiger partial charge in [-0.05, 0) is 57.6 Å². The van der Waals surface area contributed by atoms with E-state index in [1.807, 2.05) is 28.8 Å². The Balaban J connectivity index is 1.48. The van der Waals surface area contributed by atoms with Crippen LogP contribution in [-0.2, 0) is 4.74 Å². The Morgan fingerprint density at radius 3 is 2.18 bits per heavy atom. The maximum Gasteiger partial charge on any atom is 0.362 e. The standard InChI is InChI=1S/C28H39N3O3/c1-2-34-28(33)26-27(32)31(25-17-10-9-16-24(25)29-26)23-18-21-14-11-15-22(19-23)30(21)20-12-7-5-3-4-6-8-13-20/h9-10,16-17,20-23H,2-8,11-15,18-19H2,1H3/t21-,22+,23+. The Hall–Kier alpha value is -2.21. The van der Waals surface area contributed by atoms with Crippen LogP contribution in [0.3, 0.4) is 0 Å². The van der Waals surface area contributed by atoms with Crippen LogP contribution in [-0.4, -0.2) is 45.2 Å². The second-order valence-corrected chi connectivity index (χ2v) is 10.5. The first kappa shape index (κ1) is 23.5. The second-order valence-electron chi connectivity index (χ2n) is 10.5. The molecule has 184 valence electrons. The van der Waals surface area contributed by atoms with E-state index in [9.17, 15) is 9.59 Å². The summed E-state index contributed by atoms with van der Waals surface area (Å²) in [5.41, 5.74) is 1.15. The van der Waals surface area contributed by atoms with Crippen LogP contribution >= 0.6 is 0 Å². The number of fused-ring (bicyclic) bond motifs is 3. The largest absolute Gasteiger partial charge is 0.461 e. The molecule has 3 aliphatic rings. The summed E-state index contributed by atoms with van der Waals surface area (Å²) >= 11 is 0. The zero-order chi connectivity index (χ0) is 23.5. The van der Waals surface area contributed by atoms with Crippen LogP contribution in [0.2, 0.25) is 0 Å². The van der Waals surface area contributed by atoms with Crippen LogP contribution in [0.5, 0.6) is 0 Å². The molecule has 1 aromatic carbocycles. The van der Waals surface area contributed by atoms with Gasteiger partial charge in [-0.25, -0.2) is 9.78 Å². The number of benzene rings is 1. The third-order valence-electron chi connectivity index (χ3n) is 8.38. The van der Waals surface area contributed by atoms with Crippen molar-refractivity contribution in [2.45, 2.75) is 115 Å². The highest BCUT2D eigenvalue weighted by Crippen LogP contribution is 2.42. The lowest BCUT2D eigenvalue weighted by atomic mass is 9.79. The van der Waals surface area contributed by atoms with Gasteiger partial charge in [0.2, 0.25) is 5.69 Å². The van der Waals surface area contributed by atoms with E-state index in [4.69, 9.17) is 4.74 Å². The highest BCUT2D eigenvalue weighted by atomic mass is 16.5. The van der Waals surface area contributed by atoms with E-state index in [-0.39, 0.29) is 23.9 Å². The average Bonchev–Trinajstić information content (AvgIpc) is 2.97. The molecule has 1 aliphatic carbocycles. The molecule has 2 saturated heterocycles. The van der Waals surface area contributed by atoms with Crippen molar-refractivity contribution in [3.63, 3.8) is 0 Å². The maximum absolute atomic E-state index is 13.6. The molecule has 6 heteroatoms. The predicted molar refractivity (Wildman–Crippen MR) is 134 cm³/mol. The van der Waals surface area contributed by atoms with Crippen LogP contribution in [0.1, 0.15) is 107 Å². The van der Waals surface area contributed by atoms with Crippen molar-refractivity contribution in [1.29, 1.82) is 0 Å². The number of hydrogen-bond acceptors (Lipinski definition) is 5. The molecule has 3 heterocycles. The number of para-hydroxylation sites is 2. The fourth-order valence-corrected chi connectivity index (χ4v) is 6.95. The average molecular weight is 466 g/mol. The summed E-state index contributed by atoms with van der Waals surface area (Å²) in [6.07, 6.45) is 16.5. The smallest absolute Gasteiger partial charge is 0.362 e. The molecule has 34 heavy (non-hydrogen) atoms. The Labute approximate surface area is 202 Å². The molecule has 1 aromatic heterocycles. The number of hydrogen-bond donors (Lipinski definition) is 0. The predicted octanol–water partition coefficient (Wildman–Crippen LogP) is 5.63. The molecule has 3 fully saturated rings. The van der Waals surface area contributed by atoms with E-state index in [1.165, 1.54) is 70.6 Å². The number of rotatable bonds is 4. The van der Waals surface area contributed by atoms with E-state index < -0.39 is 5.97 Å². The maximum atomic E-state index is 13.6. The summed E-state index contributed by atoms with van der Waals surface area (Å²) in [5.74, 6) is -0.616. The second kappa shape index (κ2) is 10.6. The van der Waals surface area contributed by atoms with Crippen LogP contribution in [0.4, 0.5) is 0 Å². The summed E-state index contributed by atoms with van der Waals surface area (Å²) in [6.45, 7) is 1.99. The van der Waals surface area contributed by atoms with Crippen LogP contribution in [0.15, 0.2) is 29.1 Å². The lowest BCUT2D eigenvalue weighted by molar-refractivity contribution is -0.0232. The normalized spacial score (nSPS) is 27.0. The minimum atomic E-state index is -0.616. The molecule has 0 amide bonds. The molecule has 0 spiro atoms. The molecule has 1 saturated carbocycles. The third-order valence-corrected chi connectivity index (χ3v) is 8.38. The van der Waals surface area contributed by atoms with Gasteiger partial charge in [0.15, 0.2) is 0 Å². The summed E-state index contributed by atoms with van der Waals surface area (Å²) in [4.78, 5) is 33.5. The van der Waals surface area contributed by atoms with Gasteiger partial charge >= 0.3 is 5.97 Å². The van der Waals surface area contributed by atoms with Gasteiger partial charge in [-0.15, -0.1) is 0 Å². The number of carbonyl (C=O) groups is 1. The van der Waals surface area contributed by atoms with Crippen molar-refractivity contribution >= 4 is 17.0 Å². The Morgan fingerprint density at radius 2 is 1.50 bits per heavy atom. The number of ether oxygens (including phenoxy) is 1. The molecule has 6 nitrogen and oxygen atoms in total. The van der Waals surface area contributed by atoms with Gasteiger partial charge in [0.1, 0.15) is 0 Å². The first-order valence-electron chi connectivity index (χ1n) is 13.6. The number of carbonyl (C=O) groups excluding carboxylic acids is 1. The van der Waals surface area contributed by atoms with Crippen molar-refractivity contribution in [1.82, 2.24) is 14.5 Å². The van der Waals surface area contributed by atoms with E-state index >= 15 is 0 Å². The monoisotopic (exact) mass is 465 g/mol. The molecular formula is C28H39N3O3. The minimum Gasteiger partial charge on any atom is -0.461 e. The lowest BCUT2D eigenvalue weighted by Crippen LogP contribution is -2.57. The van der Waals surface area contributed by atoms with Crippen LogP contribution in [0, 0.1) is 0 Å². The van der Waals surface area contributed by atoms with Gasteiger partial charge in [0.05, 0.1) is 17.6 Å². The first-order valence-corrected chi connectivity index (χ1v) is 13.6. The van der Waals surface area contributed by atoms with Gasteiger partial charge in [0.25, 0.3) is 5.56 Å². The molecule has 2 aromatic rings. The third kappa shape index (κ3) is 4.66. The molecule has 2 bridgehead atoms. The van der Waals surface area contributed by atoms with Crippen molar-refractivity contribution in [2.24, 2.45) is 0 Å². The van der Waals surface area contributed by atoms with Crippen molar-refractivity contribution in [3.05, 3.63) is 40.3 Å². The fourth-order valence-electron chi connectivity index (χ4n) is 6.95. The van der Waals surface area contributed by atoms with Crippen molar-refractivity contribution in [2.75, 3.05) is 6.61 Å². The molecule has 0 N–H and O–H groups in total. The quantitative estimate of drug-likeness (QED) is 0.547. The van der Waals surface area contributed by atoms with Crippen molar-refractivity contribution < 1.29 is 9.53 Å². The zero-order valence-corrected chi connectivity index (χ0v) is 20.6. The van der Waals surface area contributed by atoms with E-state index in [2.05, 4.69) is 9.88 Å². The van der Waals surface area contributed by atoms with Gasteiger partial charge in [-0.1, -0.05) is 57.1 Å². The summed E-state index contributed by atoms with van der Waals surface area (Å²) in [7, 11) is 0. The fraction of sp³-hybridized carbons (Fsp3) is 0.679. The van der Waals surface area contributed by atoms with Gasteiger partial charge in [-0.2, -0.15) is 0 Å². The molecule has 0 unspecified atom stereocenters. The summed E-state index contributed by atoms with van der Waals surface area (Å²) in [5, 5.41) is 0. The zero-order valence-electron chi connectivity index (χ0n) is 20.6.